The predicted octanol–water partition coefficient (Wildman–Crippen LogP) is 4.23. The summed E-state index contributed by atoms with van der Waals surface area (Å²) >= 11 is 1.85. The highest BCUT2D eigenvalue weighted by Gasteiger charge is 2.15. The van der Waals surface area contributed by atoms with Gasteiger partial charge in [0.1, 0.15) is 16.3 Å². The van der Waals surface area contributed by atoms with Crippen LogP contribution in [0.15, 0.2) is 123 Å². The zero-order valence-electron chi connectivity index (χ0n) is 26.5. The second-order valence-corrected chi connectivity index (χ2v) is 14.6. The standard InChI is InChI=1S/C19H21N6S.2C7H8O3S/c1-23-17(13-24-9-3-2-4-18(23)24)16-7-5-15(6-8-16)12-21-22-19(20)25-10-11-26-14-25;2*1-6-2-4-7(5-3-6)11(8,9)10/h2-9,12-13H,10-11,14H2,1H3,(H2,20,22);2*2-5H,1H3,(H,8,9,10)/q+1;;/p-1/b21-12+;;. The molecule has 0 unspecified atom stereocenters. The first-order valence-electron chi connectivity index (χ1n) is 14.5. The lowest BCUT2D eigenvalue weighted by molar-refractivity contribution is -0.510. The largest absolute Gasteiger partial charge is 0.744 e. The highest BCUT2D eigenvalue weighted by molar-refractivity contribution is 7.99. The zero-order valence-corrected chi connectivity index (χ0v) is 29.0. The molecule has 0 saturated carbocycles. The van der Waals surface area contributed by atoms with E-state index in [2.05, 4.69) is 56.8 Å². The number of rotatable bonds is 5. The highest BCUT2D eigenvalue weighted by atomic mass is 32.2. The molecule has 0 amide bonds. The van der Waals surface area contributed by atoms with Gasteiger partial charge in [0.2, 0.25) is 5.96 Å². The number of thioether (sulfide) groups is 1. The second kappa shape index (κ2) is 16.0. The summed E-state index contributed by atoms with van der Waals surface area (Å²) in [5, 5.41) is 8.21. The van der Waals surface area contributed by atoms with Crippen LogP contribution in [-0.4, -0.2) is 65.8 Å². The van der Waals surface area contributed by atoms with Crippen LogP contribution in [0.5, 0.6) is 0 Å². The van der Waals surface area contributed by atoms with Gasteiger partial charge in [-0.15, -0.1) is 16.9 Å². The summed E-state index contributed by atoms with van der Waals surface area (Å²) in [5.74, 6) is 2.46. The number of benzene rings is 3. The number of aromatic nitrogens is 2. The molecule has 3 aromatic carbocycles. The first-order valence-corrected chi connectivity index (χ1v) is 18.5. The van der Waals surface area contributed by atoms with E-state index in [9.17, 15) is 21.4 Å². The van der Waals surface area contributed by atoms with Gasteiger partial charge >= 0.3 is 0 Å². The van der Waals surface area contributed by atoms with Crippen LogP contribution in [0.1, 0.15) is 16.7 Å². The molecule has 12 nitrogen and oxygen atoms in total. The van der Waals surface area contributed by atoms with E-state index in [-0.39, 0.29) is 9.79 Å². The van der Waals surface area contributed by atoms with Crippen molar-refractivity contribution in [3.05, 3.63) is 120 Å². The molecule has 0 bridgehead atoms. The van der Waals surface area contributed by atoms with E-state index in [0.29, 0.717) is 5.96 Å². The van der Waals surface area contributed by atoms with Crippen LogP contribution in [0.2, 0.25) is 0 Å². The van der Waals surface area contributed by atoms with Crippen LogP contribution < -0.4 is 10.1 Å². The molecule has 48 heavy (non-hydrogen) atoms. The number of aryl methyl sites for hydroxylation is 3. The number of guanidine groups is 1. The molecule has 2 aromatic heterocycles. The fourth-order valence-corrected chi connectivity index (χ4v) is 6.33. The van der Waals surface area contributed by atoms with Gasteiger partial charge in [0.15, 0.2) is 5.69 Å². The summed E-state index contributed by atoms with van der Waals surface area (Å²) in [4.78, 5) is 1.79. The normalized spacial score (nSPS) is 13.6. The Bertz CT molecular complexity index is 2030. The van der Waals surface area contributed by atoms with Gasteiger partial charge in [0.25, 0.3) is 15.8 Å². The van der Waals surface area contributed by atoms with Crippen molar-refractivity contribution in [3.8, 4) is 11.3 Å². The summed E-state index contributed by atoms with van der Waals surface area (Å²) < 4.78 is 65.0. The molecule has 0 radical (unpaired) electrons. The van der Waals surface area contributed by atoms with Crippen molar-refractivity contribution >= 4 is 49.8 Å². The van der Waals surface area contributed by atoms with Crippen LogP contribution in [0.25, 0.3) is 16.9 Å². The molecule has 252 valence electrons. The third-order valence-electron chi connectivity index (χ3n) is 7.11. The SMILES string of the molecule is Cc1ccc(S(=O)(=O)O)cc1.Cc1ccc(S(=O)(=O)[O-])cc1.Cn1c(-c2ccc(/C=N/N=C(/N)N3CCSC3)cc2)c[n+]2ccccc12. The molecule has 5 aromatic rings. The lowest BCUT2D eigenvalue weighted by Gasteiger charge is -2.12. The van der Waals surface area contributed by atoms with Gasteiger partial charge in [-0.05, 0) is 61.9 Å². The van der Waals surface area contributed by atoms with E-state index in [1.165, 1.54) is 24.3 Å². The number of pyridine rings is 1. The summed E-state index contributed by atoms with van der Waals surface area (Å²) in [6.45, 7) is 4.60. The smallest absolute Gasteiger partial charge is 0.294 e. The van der Waals surface area contributed by atoms with Gasteiger partial charge in [-0.3, -0.25) is 4.55 Å². The molecular weight excluding hydrogens is 673 g/mol. The number of nitrogens with two attached hydrogens (primary N) is 1. The van der Waals surface area contributed by atoms with Crippen molar-refractivity contribution in [2.75, 3.05) is 18.2 Å². The molecule has 0 spiro atoms. The Balaban J connectivity index is 0.000000195. The molecule has 1 aliphatic rings. The lowest BCUT2D eigenvalue weighted by atomic mass is 10.1. The molecule has 15 heteroatoms. The van der Waals surface area contributed by atoms with Crippen LogP contribution in [0.3, 0.4) is 0 Å². The Morgan fingerprint density at radius 3 is 2.04 bits per heavy atom. The van der Waals surface area contributed by atoms with Crippen molar-refractivity contribution in [2.45, 2.75) is 23.6 Å². The van der Waals surface area contributed by atoms with E-state index < -0.39 is 20.2 Å². The molecule has 0 aliphatic carbocycles. The van der Waals surface area contributed by atoms with Crippen LogP contribution in [0, 0.1) is 13.8 Å². The predicted molar refractivity (Wildman–Crippen MR) is 187 cm³/mol. The van der Waals surface area contributed by atoms with Crippen molar-refractivity contribution in [3.63, 3.8) is 0 Å². The number of imidazole rings is 1. The molecule has 3 N–H and O–H groups in total. The maximum Gasteiger partial charge on any atom is 0.294 e. The summed E-state index contributed by atoms with van der Waals surface area (Å²) in [5.41, 5.74) is 12.3. The second-order valence-electron chi connectivity index (χ2n) is 10.7. The van der Waals surface area contributed by atoms with Crippen molar-refractivity contribution in [1.82, 2.24) is 9.47 Å². The van der Waals surface area contributed by atoms with E-state index in [1.807, 2.05) is 54.8 Å². The number of hydrogen-bond acceptors (Lipinski definition) is 8. The van der Waals surface area contributed by atoms with Crippen molar-refractivity contribution in [1.29, 1.82) is 0 Å². The summed E-state index contributed by atoms with van der Waals surface area (Å²) in [6, 6.07) is 26.2. The Kier molecular flexibility index (Phi) is 12.1. The van der Waals surface area contributed by atoms with Gasteiger partial charge < -0.3 is 15.2 Å². The number of hydrogen-bond donors (Lipinski definition) is 2. The first-order chi connectivity index (χ1) is 22.7. The number of fused-ring (bicyclic) bond motifs is 1. The van der Waals surface area contributed by atoms with Crippen LogP contribution >= 0.6 is 11.8 Å². The van der Waals surface area contributed by atoms with Gasteiger partial charge in [-0.25, -0.2) is 17.4 Å². The maximum atomic E-state index is 10.5. The monoisotopic (exact) mass is 708 g/mol. The van der Waals surface area contributed by atoms with E-state index in [1.54, 1.807) is 30.5 Å². The topological polar surface area (TPSA) is 175 Å². The molecular formula is C33H36N6O6S3. The van der Waals surface area contributed by atoms with Crippen molar-refractivity contribution < 1.29 is 30.3 Å². The third-order valence-corrected chi connectivity index (χ3v) is 9.80. The minimum Gasteiger partial charge on any atom is -0.744 e. The minimum absolute atomic E-state index is 0.0666. The zero-order chi connectivity index (χ0) is 34.9. The molecule has 3 heterocycles. The highest BCUT2D eigenvalue weighted by Crippen LogP contribution is 2.20. The van der Waals surface area contributed by atoms with Gasteiger partial charge in [-0.2, -0.15) is 13.5 Å². The third kappa shape index (κ3) is 10.2. The Morgan fingerprint density at radius 1 is 0.917 bits per heavy atom. The molecule has 1 saturated heterocycles. The lowest BCUT2D eigenvalue weighted by Crippen LogP contribution is -2.34. The maximum absolute atomic E-state index is 10.5. The average Bonchev–Trinajstić information content (AvgIpc) is 3.71. The van der Waals surface area contributed by atoms with Crippen LogP contribution in [0.4, 0.5) is 0 Å². The van der Waals surface area contributed by atoms with Gasteiger partial charge in [0, 0.05) is 23.9 Å². The fourth-order valence-electron chi connectivity index (χ4n) is 4.42. The molecule has 1 fully saturated rings. The molecule has 6 rings (SSSR count). The summed E-state index contributed by atoms with van der Waals surface area (Å²) in [7, 11) is -6.21. The Morgan fingerprint density at radius 2 is 1.52 bits per heavy atom. The van der Waals surface area contributed by atoms with Crippen LogP contribution in [-0.2, 0) is 27.3 Å². The quantitative estimate of drug-likeness (QED) is 0.0891. The molecule has 1 aliphatic heterocycles. The van der Waals surface area contributed by atoms with E-state index in [0.717, 1.165) is 51.8 Å². The fraction of sp³-hybridized carbons (Fsp3) is 0.182. The Hall–Kier alpha value is -4.54. The summed E-state index contributed by atoms with van der Waals surface area (Å²) in [6.07, 6.45) is 5.93. The van der Waals surface area contributed by atoms with E-state index >= 15 is 0 Å². The molecule has 0 atom stereocenters. The van der Waals surface area contributed by atoms with Gasteiger partial charge in [0.05, 0.1) is 35.1 Å². The average molecular weight is 709 g/mol. The van der Waals surface area contributed by atoms with Crippen molar-refractivity contribution in [2.24, 2.45) is 23.0 Å². The van der Waals surface area contributed by atoms with E-state index in [4.69, 9.17) is 10.3 Å². The Labute approximate surface area is 284 Å². The van der Waals surface area contributed by atoms with Gasteiger partial charge in [-0.1, -0.05) is 53.6 Å². The first kappa shape index (κ1) is 36.3. The minimum atomic E-state index is -4.27. The number of nitrogens with zero attached hydrogens (tertiary/aromatic N) is 5.